The fourth-order valence-electron chi connectivity index (χ4n) is 1.91. The van der Waals surface area contributed by atoms with Crippen molar-refractivity contribution >= 4 is 12.0 Å². The highest BCUT2D eigenvalue weighted by atomic mass is 19.4. The number of hydrogen-bond donors (Lipinski definition) is 2. The summed E-state index contributed by atoms with van der Waals surface area (Å²) in [5, 5.41) is 4.96. The van der Waals surface area contributed by atoms with E-state index in [-0.39, 0.29) is 12.1 Å². The lowest BCUT2D eigenvalue weighted by Gasteiger charge is -2.28. The molecule has 146 valence electrons. The first-order valence-electron chi connectivity index (χ1n) is 7.77. The average Bonchev–Trinajstić information content (AvgIpc) is 2.42. The standard InChI is InChI=1S/C17H22F4N2O3/c1-15(2,3)26-14(25)22-9-16(4,5)23-13(24)10-6-7-12(18)11(8-10)17(19,20)21/h6-8H,9H2,1-5H3,(H,22,25)(H,23,24). The van der Waals surface area contributed by atoms with E-state index in [4.69, 9.17) is 4.74 Å². The summed E-state index contributed by atoms with van der Waals surface area (Å²) in [5.41, 5.74) is -3.54. The Hall–Kier alpha value is -2.32. The summed E-state index contributed by atoms with van der Waals surface area (Å²) < 4.78 is 56.6. The Morgan fingerprint density at radius 2 is 1.65 bits per heavy atom. The number of carbonyl (C=O) groups is 2. The molecular weight excluding hydrogens is 356 g/mol. The van der Waals surface area contributed by atoms with E-state index in [0.29, 0.717) is 12.1 Å². The molecule has 1 aromatic rings. The number of carbonyl (C=O) groups excluding carboxylic acids is 2. The van der Waals surface area contributed by atoms with Crippen LogP contribution in [0.5, 0.6) is 0 Å². The van der Waals surface area contributed by atoms with Gasteiger partial charge in [0.05, 0.1) is 11.1 Å². The van der Waals surface area contributed by atoms with Crippen LogP contribution in [-0.2, 0) is 10.9 Å². The van der Waals surface area contributed by atoms with Gasteiger partial charge in [0.1, 0.15) is 11.4 Å². The molecular formula is C17H22F4N2O3. The molecule has 1 aromatic carbocycles. The molecule has 9 heteroatoms. The van der Waals surface area contributed by atoms with E-state index in [0.717, 1.165) is 6.07 Å². The van der Waals surface area contributed by atoms with Gasteiger partial charge in [0.15, 0.2) is 0 Å². The molecule has 26 heavy (non-hydrogen) atoms. The molecule has 0 spiro atoms. The molecule has 0 heterocycles. The Bertz CT molecular complexity index is 680. The maximum absolute atomic E-state index is 13.3. The van der Waals surface area contributed by atoms with Crippen LogP contribution in [0.3, 0.4) is 0 Å². The molecule has 0 fully saturated rings. The Morgan fingerprint density at radius 1 is 1.08 bits per heavy atom. The van der Waals surface area contributed by atoms with Gasteiger partial charge in [-0.05, 0) is 52.8 Å². The Morgan fingerprint density at radius 3 is 2.15 bits per heavy atom. The monoisotopic (exact) mass is 378 g/mol. The van der Waals surface area contributed by atoms with Crippen molar-refractivity contribution in [1.82, 2.24) is 10.6 Å². The zero-order valence-electron chi connectivity index (χ0n) is 15.2. The topological polar surface area (TPSA) is 67.4 Å². The summed E-state index contributed by atoms with van der Waals surface area (Å²) >= 11 is 0. The van der Waals surface area contributed by atoms with Crippen molar-refractivity contribution in [2.45, 2.75) is 51.9 Å². The van der Waals surface area contributed by atoms with Crippen LogP contribution in [0.25, 0.3) is 0 Å². The molecule has 2 N–H and O–H groups in total. The predicted octanol–water partition coefficient (Wildman–Crippen LogP) is 3.88. The van der Waals surface area contributed by atoms with Crippen molar-refractivity contribution < 1.29 is 31.9 Å². The summed E-state index contributed by atoms with van der Waals surface area (Å²) in [6.45, 7) is 8.17. The van der Waals surface area contributed by atoms with Crippen LogP contribution in [-0.4, -0.2) is 29.7 Å². The van der Waals surface area contributed by atoms with Crippen molar-refractivity contribution in [2.75, 3.05) is 6.54 Å². The second kappa shape index (κ2) is 7.51. The van der Waals surface area contributed by atoms with Crippen LogP contribution < -0.4 is 10.6 Å². The third kappa shape index (κ3) is 6.89. The van der Waals surface area contributed by atoms with E-state index in [2.05, 4.69) is 10.6 Å². The van der Waals surface area contributed by atoms with E-state index in [1.54, 1.807) is 34.6 Å². The van der Waals surface area contributed by atoms with Gasteiger partial charge in [-0.3, -0.25) is 4.79 Å². The lowest BCUT2D eigenvalue weighted by Crippen LogP contribution is -2.52. The van der Waals surface area contributed by atoms with E-state index in [9.17, 15) is 27.2 Å². The van der Waals surface area contributed by atoms with Crippen LogP contribution in [0.15, 0.2) is 18.2 Å². The van der Waals surface area contributed by atoms with Crippen LogP contribution in [0.4, 0.5) is 22.4 Å². The number of alkyl halides is 3. The summed E-state index contributed by atoms with van der Waals surface area (Å²) in [4.78, 5) is 23.8. The van der Waals surface area contributed by atoms with Crippen molar-refractivity contribution in [3.05, 3.63) is 35.1 Å². The van der Waals surface area contributed by atoms with Crippen LogP contribution in [0, 0.1) is 5.82 Å². The first kappa shape index (κ1) is 21.7. The minimum absolute atomic E-state index is 0.0268. The van der Waals surface area contributed by atoms with Gasteiger partial charge in [-0.1, -0.05) is 0 Å². The Labute approximate surface area is 149 Å². The third-order valence-corrected chi connectivity index (χ3v) is 3.06. The largest absolute Gasteiger partial charge is 0.444 e. The first-order valence-corrected chi connectivity index (χ1v) is 7.77. The van der Waals surface area contributed by atoms with Crippen LogP contribution in [0.1, 0.15) is 50.5 Å². The lowest BCUT2D eigenvalue weighted by atomic mass is 10.0. The maximum atomic E-state index is 13.3. The van der Waals surface area contributed by atoms with Gasteiger partial charge < -0.3 is 15.4 Å². The highest BCUT2D eigenvalue weighted by Gasteiger charge is 2.35. The minimum atomic E-state index is -4.91. The van der Waals surface area contributed by atoms with Gasteiger partial charge in [0.25, 0.3) is 5.91 Å². The summed E-state index contributed by atoms with van der Waals surface area (Å²) in [5.74, 6) is -2.29. The van der Waals surface area contributed by atoms with Crippen molar-refractivity contribution in [3.63, 3.8) is 0 Å². The molecule has 1 rings (SSSR count). The summed E-state index contributed by atoms with van der Waals surface area (Å²) in [7, 11) is 0. The zero-order chi connectivity index (χ0) is 20.3. The van der Waals surface area contributed by atoms with Crippen LogP contribution in [0.2, 0.25) is 0 Å². The average molecular weight is 378 g/mol. The molecule has 0 saturated heterocycles. The number of amides is 2. The number of hydrogen-bond acceptors (Lipinski definition) is 3. The van der Waals surface area contributed by atoms with E-state index in [1.807, 2.05) is 0 Å². The molecule has 0 bridgehead atoms. The molecule has 5 nitrogen and oxygen atoms in total. The van der Waals surface area contributed by atoms with E-state index < -0.39 is 40.7 Å². The fourth-order valence-corrected chi connectivity index (χ4v) is 1.91. The van der Waals surface area contributed by atoms with E-state index >= 15 is 0 Å². The number of halogens is 4. The second-order valence-electron chi connectivity index (χ2n) is 7.39. The Kier molecular flexibility index (Phi) is 6.27. The molecule has 0 aliphatic carbocycles. The summed E-state index contributed by atoms with van der Waals surface area (Å²) in [6.07, 6.45) is -5.60. The van der Waals surface area contributed by atoms with Crippen molar-refractivity contribution in [1.29, 1.82) is 0 Å². The fraction of sp³-hybridized carbons (Fsp3) is 0.529. The minimum Gasteiger partial charge on any atom is -0.444 e. The van der Waals surface area contributed by atoms with Gasteiger partial charge in [-0.15, -0.1) is 0 Å². The molecule has 0 unspecified atom stereocenters. The number of rotatable bonds is 4. The van der Waals surface area contributed by atoms with E-state index in [1.165, 1.54) is 0 Å². The molecule has 2 amide bonds. The molecule has 0 aromatic heterocycles. The maximum Gasteiger partial charge on any atom is 0.419 e. The second-order valence-corrected chi connectivity index (χ2v) is 7.39. The molecule has 0 aliphatic heterocycles. The molecule has 0 saturated carbocycles. The first-order chi connectivity index (χ1) is 11.6. The predicted molar refractivity (Wildman–Crippen MR) is 87.2 cm³/mol. The smallest absolute Gasteiger partial charge is 0.419 e. The third-order valence-electron chi connectivity index (χ3n) is 3.06. The van der Waals surface area contributed by atoms with Gasteiger partial charge >= 0.3 is 12.3 Å². The van der Waals surface area contributed by atoms with Gasteiger partial charge in [-0.25, -0.2) is 9.18 Å². The highest BCUT2D eigenvalue weighted by Crippen LogP contribution is 2.31. The number of benzene rings is 1. The Balaban J connectivity index is 2.78. The van der Waals surface area contributed by atoms with Gasteiger partial charge in [0, 0.05) is 12.1 Å². The number of ether oxygens (including phenoxy) is 1. The number of alkyl carbamates (subject to hydrolysis) is 1. The van der Waals surface area contributed by atoms with Crippen LogP contribution >= 0.6 is 0 Å². The van der Waals surface area contributed by atoms with Crippen molar-refractivity contribution in [2.24, 2.45) is 0 Å². The normalized spacial score (nSPS) is 12.5. The number of nitrogens with one attached hydrogen (secondary N) is 2. The SMILES string of the molecule is CC(C)(CNC(=O)OC(C)(C)C)NC(=O)c1ccc(F)c(C(F)(F)F)c1. The lowest BCUT2D eigenvalue weighted by molar-refractivity contribution is -0.140. The highest BCUT2D eigenvalue weighted by molar-refractivity contribution is 5.94. The zero-order valence-corrected chi connectivity index (χ0v) is 15.2. The van der Waals surface area contributed by atoms with Crippen molar-refractivity contribution in [3.8, 4) is 0 Å². The molecule has 0 aliphatic rings. The molecule has 0 radical (unpaired) electrons. The molecule has 0 atom stereocenters. The summed E-state index contributed by atoms with van der Waals surface area (Å²) in [6, 6.07) is 1.99. The van der Waals surface area contributed by atoms with Gasteiger partial charge in [-0.2, -0.15) is 13.2 Å². The van der Waals surface area contributed by atoms with Gasteiger partial charge in [0.2, 0.25) is 0 Å². The quantitative estimate of drug-likeness (QED) is 0.782.